The maximum Gasteiger partial charge on any atom is 0.435 e. The van der Waals surface area contributed by atoms with Gasteiger partial charge in [-0.15, -0.1) is 0 Å². The summed E-state index contributed by atoms with van der Waals surface area (Å²) >= 11 is 4.85. The number of aromatic nitrogens is 2. The number of hydrogen-bond acceptors (Lipinski definition) is 3. The highest BCUT2D eigenvalue weighted by atomic mass is 32.1. The second kappa shape index (κ2) is 6.13. The first-order chi connectivity index (χ1) is 9.86. The van der Waals surface area contributed by atoms with Gasteiger partial charge in [0.15, 0.2) is 5.69 Å². The minimum Gasteiger partial charge on any atom is -0.492 e. The molecule has 0 aliphatic heterocycles. The van der Waals surface area contributed by atoms with Crippen molar-refractivity contribution >= 4 is 17.2 Å². The average Bonchev–Trinajstić information content (AvgIpc) is 2.88. The summed E-state index contributed by atoms with van der Waals surface area (Å²) in [5.41, 5.74) is 5.25. The Bertz CT molecular complexity index is 640. The van der Waals surface area contributed by atoms with Gasteiger partial charge in [-0.1, -0.05) is 24.4 Å². The van der Waals surface area contributed by atoms with Crippen molar-refractivity contribution in [3.8, 4) is 5.75 Å². The highest BCUT2D eigenvalue weighted by molar-refractivity contribution is 7.80. The molecule has 0 aliphatic rings. The van der Waals surface area contributed by atoms with Crippen LogP contribution in [0.4, 0.5) is 13.2 Å². The number of nitrogens with zero attached hydrogens (tertiary/aromatic N) is 2. The summed E-state index contributed by atoms with van der Waals surface area (Å²) in [7, 11) is 0. The number of nitrogens with two attached hydrogens (primary N) is 1. The van der Waals surface area contributed by atoms with Gasteiger partial charge < -0.3 is 10.5 Å². The Morgan fingerprint density at radius 2 is 2.10 bits per heavy atom. The van der Waals surface area contributed by atoms with Crippen molar-refractivity contribution in [3.05, 3.63) is 47.8 Å². The van der Waals surface area contributed by atoms with E-state index >= 15 is 0 Å². The van der Waals surface area contributed by atoms with Crippen LogP contribution in [-0.2, 0) is 12.7 Å². The van der Waals surface area contributed by atoms with E-state index < -0.39 is 11.9 Å². The van der Waals surface area contributed by atoms with Crippen molar-refractivity contribution in [2.75, 3.05) is 6.61 Å². The van der Waals surface area contributed by atoms with Crippen LogP contribution in [0.3, 0.4) is 0 Å². The lowest BCUT2D eigenvalue weighted by molar-refractivity contribution is -0.141. The summed E-state index contributed by atoms with van der Waals surface area (Å²) in [4.78, 5) is 0.252. The molecule has 4 nitrogen and oxygen atoms in total. The second-order valence-corrected chi connectivity index (χ2v) is 4.64. The molecule has 0 saturated heterocycles. The molecule has 112 valence electrons. The number of thiocarbonyl (C=S) groups is 1. The zero-order chi connectivity index (χ0) is 15.5. The number of alkyl halides is 3. The number of benzene rings is 1. The van der Waals surface area contributed by atoms with E-state index in [4.69, 9.17) is 22.7 Å². The van der Waals surface area contributed by atoms with Crippen LogP contribution in [0.25, 0.3) is 0 Å². The fraction of sp³-hybridized carbons (Fsp3) is 0.231. The van der Waals surface area contributed by atoms with Gasteiger partial charge >= 0.3 is 6.18 Å². The molecule has 0 fully saturated rings. The number of rotatable bonds is 5. The minimum absolute atomic E-state index is 0.180. The zero-order valence-corrected chi connectivity index (χ0v) is 11.6. The first-order valence-corrected chi connectivity index (χ1v) is 6.40. The Balaban J connectivity index is 1.91. The van der Waals surface area contributed by atoms with Crippen molar-refractivity contribution in [1.29, 1.82) is 0 Å². The molecule has 0 saturated carbocycles. The Morgan fingerprint density at radius 3 is 2.71 bits per heavy atom. The van der Waals surface area contributed by atoms with E-state index in [-0.39, 0.29) is 18.1 Å². The molecule has 0 aliphatic carbocycles. The zero-order valence-electron chi connectivity index (χ0n) is 10.8. The van der Waals surface area contributed by atoms with Crippen LogP contribution < -0.4 is 10.5 Å². The molecular formula is C13H12F3N3OS. The first kappa shape index (κ1) is 15.3. The molecule has 2 rings (SSSR count). The molecule has 8 heteroatoms. The highest BCUT2D eigenvalue weighted by Gasteiger charge is 2.33. The Labute approximate surface area is 124 Å². The molecular weight excluding hydrogens is 303 g/mol. The first-order valence-electron chi connectivity index (χ1n) is 5.99. The van der Waals surface area contributed by atoms with Crippen LogP contribution >= 0.6 is 12.2 Å². The topological polar surface area (TPSA) is 53.1 Å². The van der Waals surface area contributed by atoms with Gasteiger partial charge in [-0.05, 0) is 18.2 Å². The molecule has 0 bridgehead atoms. The predicted molar refractivity (Wildman–Crippen MR) is 75.1 cm³/mol. The predicted octanol–water partition coefficient (Wildman–Crippen LogP) is 2.62. The molecule has 21 heavy (non-hydrogen) atoms. The maximum absolute atomic E-state index is 12.4. The van der Waals surface area contributed by atoms with Crippen molar-refractivity contribution in [1.82, 2.24) is 9.78 Å². The van der Waals surface area contributed by atoms with Gasteiger partial charge in [0.25, 0.3) is 0 Å². The van der Waals surface area contributed by atoms with Gasteiger partial charge in [-0.25, -0.2) is 0 Å². The van der Waals surface area contributed by atoms with E-state index in [0.29, 0.717) is 11.3 Å². The number of halogens is 3. The Morgan fingerprint density at radius 1 is 1.33 bits per heavy atom. The molecule has 1 heterocycles. The maximum atomic E-state index is 12.4. The molecule has 2 N–H and O–H groups in total. The summed E-state index contributed by atoms with van der Waals surface area (Å²) in [6.45, 7) is 0.382. The van der Waals surface area contributed by atoms with Crippen LogP contribution in [0.5, 0.6) is 5.75 Å². The van der Waals surface area contributed by atoms with Crippen LogP contribution in [0.1, 0.15) is 11.3 Å². The van der Waals surface area contributed by atoms with E-state index in [1.165, 1.54) is 10.9 Å². The van der Waals surface area contributed by atoms with Gasteiger partial charge in [0.05, 0.1) is 6.54 Å². The quantitative estimate of drug-likeness (QED) is 0.862. The smallest absolute Gasteiger partial charge is 0.435 e. The fourth-order valence-electron chi connectivity index (χ4n) is 1.63. The fourth-order valence-corrected chi connectivity index (χ4v) is 1.76. The summed E-state index contributed by atoms with van der Waals surface area (Å²) < 4.78 is 43.8. The molecule has 0 spiro atoms. The standard InChI is InChI=1S/C13H12F3N3OS/c14-13(15,16)11-4-5-19(18-11)6-7-20-10-3-1-2-9(8-10)12(17)21/h1-5,8H,6-7H2,(H2,17,21). The van der Waals surface area contributed by atoms with Crippen LogP contribution in [-0.4, -0.2) is 21.4 Å². The van der Waals surface area contributed by atoms with Crippen LogP contribution in [0.2, 0.25) is 0 Å². The number of hydrogen-bond donors (Lipinski definition) is 1. The monoisotopic (exact) mass is 315 g/mol. The van der Waals surface area contributed by atoms with Gasteiger partial charge in [0.2, 0.25) is 0 Å². The number of ether oxygens (including phenoxy) is 1. The molecule has 0 radical (unpaired) electrons. The van der Waals surface area contributed by atoms with Gasteiger partial charge in [0.1, 0.15) is 17.3 Å². The SMILES string of the molecule is NC(=S)c1cccc(OCCn2ccc(C(F)(F)F)n2)c1. The van der Waals surface area contributed by atoms with Gasteiger partial charge in [0, 0.05) is 11.8 Å². The van der Waals surface area contributed by atoms with Crippen molar-refractivity contribution in [3.63, 3.8) is 0 Å². The summed E-state index contributed by atoms with van der Waals surface area (Å²) in [6, 6.07) is 7.80. The summed E-state index contributed by atoms with van der Waals surface area (Å²) in [6.07, 6.45) is -3.17. The molecule has 2 aromatic rings. The molecule has 0 atom stereocenters. The van der Waals surface area contributed by atoms with E-state index in [0.717, 1.165) is 6.07 Å². The van der Waals surface area contributed by atoms with E-state index in [1.54, 1.807) is 24.3 Å². The minimum atomic E-state index is -4.43. The van der Waals surface area contributed by atoms with Crippen LogP contribution in [0.15, 0.2) is 36.5 Å². The largest absolute Gasteiger partial charge is 0.492 e. The highest BCUT2D eigenvalue weighted by Crippen LogP contribution is 2.27. The lowest BCUT2D eigenvalue weighted by Crippen LogP contribution is -2.12. The lowest BCUT2D eigenvalue weighted by Gasteiger charge is -2.08. The Kier molecular flexibility index (Phi) is 4.46. The van der Waals surface area contributed by atoms with Crippen molar-refractivity contribution in [2.45, 2.75) is 12.7 Å². The van der Waals surface area contributed by atoms with Crippen molar-refractivity contribution in [2.24, 2.45) is 5.73 Å². The summed E-state index contributed by atoms with van der Waals surface area (Å²) in [5, 5.41) is 3.43. The van der Waals surface area contributed by atoms with Crippen molar-refractivity contribution < 1.29 is 17.9 Å². The van der Waals surface area contributed by atoms with Gasteiger partial charge in [-0.3, -0.25) is 4.68 Å². The third-order valence-electron chi connectivity index (χ3n) is 2.64. The third kappa shape index (κ3) is 4.19. The Hall–Kier alpha value is -2.09. The molecule has 1 aromatic heterocycles. The summed E-state index contributed by atoms with van der Waals surface area (Å²) in [5.74, 6) is 0.545. The van der Waals surface area contributed by atoms with Gasteiger partial charge in [-0.2, -0.15) is 18.3 Å². The molecule has 0 amide bonds. The lowest BCUT2D eigenvalue weighted by atomic mass is 10.2. The molecule has 0 unspecified atom stereocenters. The van der Waals surface area contributed by atoms with E-state index in [2.05, 4.69) is 5.10 Å². The average molecular weight is 315 g/mol. The third-order valence-corrected chi connectivity index (χ3v) is 2.87. The normalized spacial score (nSPS) is 11.4. The van der Waals surface area contributed by atoms with Crippen LogP contribution in [0, 0.1) is 0 Å². The van der Waals surface area contributed by atoms with E-state index in [1.807, 2.05) is 0 Å². The van der Waals surface area contributed by atoms with E-state index in [9.17, 15) is 13.2 Å². The molecule has 1 aromatic carbocycles. The second-order valence-electron chi connectivity index (χ2n) is 4.20.